The van der Waals surface area contributed by atoms with Gasteiger partial charge in [-0.1, -0.05) is 13.8 Å². The van der Waals surface area contributed by atoms with E-state index in [0.29, 0.717) is 16.4 Å². The van der Waals surface area contributed by atoms with Crippen LogP contribution in [0.2, 0.25) is 0 Å². The molecule has 2 N–H and O–H groups in total. The van der Waals surface area contributed by atoms with Gasteiger partial charge in [-0.15, -0.1) is 11.3 Å². The van der Waals surface area contributed by atoms with Gasteiger partial charge in [0.25, 0.3) is 0 Å². The Morgan fingerprint density at radius 3 is 2.29 bits per heavy atom. The number of nitrogen functional groups attached to an aromatic ring is 1. The van der Waals surface area contributed by atoms with Gasteiger partial charge in [0.2, 0.25) is 0 Å². The van der Waals surface area contributed by atoms with Crippen LogP contribution in [0.3, 0.4) is 0 Å². The van der Waals surface area contributed by atoms with Crippen LogP contribution in [-0.4, -0.2) is 4.98 Å². The van der Waals surface area contributed by atoms with Crippen molar-refractivity contribution in [3.8, 4) is 11.3 Å². The molecule has 0 saturated heterocycles. The van der Waals surface area contributed by atoms with Crippen molar-refractivity contribution in [3.63, 3.8) is 0 Å². The zero-order chi connectivity index (χ0) is 12.6. The molecule has 0 aliphatic rings. The molecule has 0 bridgehead atoms. The summed E-state index contributed by atoms with van der Waals surface area (Å²) in [5.41, 5.74) is 6.65. The summed E-state index contributed by atoms with van der Waals surface area (Å²) in [4.78, 5) is 5.08. The smallest absolute Gasteiger partial charge is 0.180 e. The third-order valence-electron chi connectivity index (χ3n) is 2.33. The number of hydrogen-bond donors (Lipinski definition) is 1. The topological polar surface area (TPSA) is 38.9 Å². The minimum absolute atomic E-state index is 0.214. The number of thiazole rings is 1. The molecule has 5 heteroatoms. The van der Waals surface area contributed by atoms with Crippen LogP contribution >= 0.6 is 11.3 Å². The summed E-state index contributed by atoms with van der Waals surface area (Å²) in [6.45, 7) is 3.98. The first-order valence-corrected chi connectivity index (χ1v) is 6.01. The number of aromatic nitrogens is 1. The maximum atomic E-state index is 13.2. The molecule has 0 spiro atoms. The molecule has 17 heavy (non-hydrogen) atoms. The number of benzene rings is 1. The van der Waals surface area contributed by atoms with Gasteiger partial charge in [0, 0.05) is 16.5 Å². The van der Waals surface area contributed by atoms with E-state index >= 15 is 0 Å². The molecule has 1 heterocycles. The van der Waals surface area contributed by atoms with E-state index in [0.717, 1.165) is 10.9 Å². The van der Waals surface area contributed by atoms with E-state index in [1.807, 2.05) is 13.8 Å². The van der Waals surface area contributed by atoms with E-state index in [9.17, 15) is 8.78 Å². The highest BCUT2D eigenvalue weighted by Gasteiger charge is 2.15. The van der Waals surface area contributed by atoms with Crippen LogP contribution in [0.5, 0.6) is 0 Å². The van der Waals surface area contributed by atoms with E-state index in [4.69, 9.17) is 5.73 Å². The minimum Gasteiger partial charge on any atom is -0.375 e. The van der Waals surface area contributed by atoms with Gasteiger partial charge < -0.3 is 5.73 Å². The predicted octanol–water partition coefficient (Wildman–Crippen LogP) is 3.79. The Bertz CT molecular complexity index is 529. The van der Waals surface area contributed by atoms with Gasteiger partial charge in [0.15, 0.2) is 5.13 Å². The summed E-state index contributed by atoms with van der Waals surface area (Å²) in [5, 5.41) is 0.411. The summed E-state index contributed by atoms with van der Waals surface area (Å²) in [6.07, 6.45) is 0. The molecular weight excluding hydrogens is 242 g/mol. The molecule has 2 aromatic rings. The summed E-state index contributed by atoms with van der Waals surface area (Å²) in [5.74, 6) is -1.01. The molecule has 0 saturated carbocycles. The van der Waals surface area contributed by atoms with Crippen molar-refractivity contribution in [2.45, 2.75) is 19.8 Å². The van der Waals surface area contributed by atoms with E-state index < -0.39 is 11.6 Å². The van der Waals surface area contributed by atoms with Crippen LogP contribution < -0.4 is 5.73 Å². The van der Waals surface area contributed by atoms with E-state index in [1.165, 1.54) is 23.5 Å². The molecule has 0 unspecified atom stereocenters. The number of nitrogens with zero attached hydrogens (tertiary/aromatic N) is 1. The van der Waals surface area contributed by atoms with Crippen molar-refractivity contribution in [2.75, 3.05) is 5.73 Å². The van der Waals surface area contributed by atoms with Crippen molar-refractivity contribution < 1.29 is 8.78 Å². The number of anilines is 1. The maximum Gasteiger partial charge on any atom is 0.180 e. The molecule has 1 aromatic carbocycles. The number of rotatable bonds is 2. The highest BCUT2D eigenvalue weighted by molar-refractivity contribution is 7.15. The fourth-order valence-electron chi connectivity index (χ4n) is 1.64. The normalized spacial score (nSPS) is 11.1. The number of hydrogen-bond acceptors (Lipinski definition) is 3. The molecule has 0 radical (unpaired) electrons. The molecular formula is C12H12F2N2S. The lowest BCUT2D eigenvalue weighted by atomic mass is 10.1. The second-order valence-electron chi connectivity index (χ2n) is 4.08. The average molecular weight is 254 g/mol. The zero-order valence-corrected chi connectivity index (χ0v) is 10.3. The summed E-state index contributed by atoms with van der Waals surface area (Å²) in [7, 11) is 0. The molecule has 90 valence electrons. The lowest BCUT2D eigenvalue weighted by molar-refractivity contribution is 0.584. The second-order valence-corrected chi connectivity index (χ2v) is 5.14. The standard InChI is InChI=1S/C12H12F2N2S/c1-6(2)11-10(16-12(15)17-11)7-3-8(13)5-9(14)4-7/h3-6H,1-2H3,(H2,15,16). The van der Waals surface area contributed by atoms with Crippen molar-refractivity contribution in [2.24, 2.45) is 0 Å². The second kappa shape index (κ2) is 4.41. The van der Waals surface area contributed by atoms with Gasteiger partial charge in [-0.25, -0.2) is 13.8 Å². The molecule has 2 nitrogen and oxygen atoms in total. The summed E-state index contributed by atoms with van der Waals surface area (Å²) < 4.78 is 26.3. The van der Waals surface area contributed by atoms with Crippen molar-refractivity contribution in [3.05, 3.63) is 34.7 Å². The fraction of sp³-hybridized carbons (Fsp3) is 0.250. The number of halogens is 2. The summed E-state index contributed by atoms with van der Waals surface area (Å²) in [6, 6.07) is 3.38. The lowest BCUT2D eigenvalue weighted by Gasteiger charge is -2.05. The largest absolute Gasteiger partial charge is 0.375 e. The molecule has 0 aliphatic carbocycles. The molecule has 2 rings (SSSR count). The van der Waals surface area contributed by atoms with Gasteiger partial charge in [-0.2, -0.15) is 0 Å². The van der Waals surface area contributed by atoms with Gasteiger partial charge in [0.1, 0.15) is 11.6 Å². The lowest BCUT2D eigenvalue weighted by Crippen LogP contribution is -1.90. The molecule has 0 atom stereocenters. The van der Waals surface area contributed by atoms with E-state index in [-0.39, 0.29) is 5.92 Å². The van der Waals surface area contributed by atoms with Crippen molar-refractivity contribution >= 4 is 16.5 Å². The fourth-order valence-corrected chi connectivity index (χ4v) is 2.50. The Hall–Kier alpha value is -1.49. The number of nitrogens with two attached hydrogens (primary N) is 1. The van der Waals surface area contributed by atoms with E-state index in [2.05, 4.69) is 4.98 Å². The Balaban J connectivity index is 2.59. The first kappa shape index (κ1) is 12.0. The third kappa shape index (κ3) is 2.44. The highest BCUT2D eigenvalue weighted by Crippen LogP contribution is 2.35. The van der Waals surface area contributed by atoms with Crippen LogP contribution in [-0.2, 0) is 0 Å². The third-order valence-corrected chi connectivity index (χ3v) is 3.52. The van der Waals surface area contributed by atoms with Gasteiger partial charge in [-0.05, 0) is 18.1 Å². The van der Waals surface area contributed by atoms with Crippen molar-refractivity contribution in [1.29, 1.82) is 0 Å². The van der Waals surface area contributed by atoms with Crippen LogP contribution in [0, 0.1) is 11.6 Å². The Labute approximate surface area is 102 Å². The molecule has 0 aliphatic heterocycles. The van der Waals surface area contributed by atoms with Gasteiger partial charge >= 0.3 is 0 Å². The first-order chi connectivity index (χ1) is 7.97. The van der Waals surface area contributed by atoms with Crippen LogP contribution in [0.4, 0.5) is 13.9 Å². The van der Waals surface area contributed by atoms with Crippen LogP contribution in [0.1, 0.15) is 24.6 Å². The SMILES string of the molecule is CC(C)c1sc(N)nc1-c1cc(F)cc(F)c1. The van der Waals surface area contributed by atoms with E-state index in [1.54, 1.807) is 0 Å². The quantitative estimate of drug-likeness (QED) is 0.885. The van der Waals surface area contributed by atoms with Gasteiger partial charge in [-0.3, -0.25) is 0 Å². The minimum atomic E-state index is -0.610. The van der Waals surface area contributed by atoms with Crippen LogP contribution in [0.25, 0.3) is 11.3 Å². The highest BCUT2D eigenvalue weighted by atomic mass is 32.1. The summed E-state index contributed by atoms with van der Waals surface area (Å²) >= 11 is 1.35. The van der Waals surface area contributed by atoms with Crippen LogP contribution in [0.15, 0.2) is 18.2 Å². The first-order valence-electron chi connectivity index (χ1n) is 5.20. The predicted molar refractivity (Wildman–Crippen MR) is 66.0 cm³/mol. The molecule has 1 aromatic heterocycles. The van der Waals surface area contributed by atoms with Gasteiger partial charge in [0.05, 0.1) is 5.69 Å². The Kier molecular flexibility index (Phi) is 3.11. The maximum absolute atomic E-state index is 13.2. The average Bonchev–Trinajstić information content (AvgIpc) is 2.59. The Morgan fingerprint density at radius 2 is 1.76 bits per heavy atom. The monoisotopic (exact) mass is 254 g/mol. The zero-order valence-electron chi connectivity index (χ0n) is 9.50. The molecule has 0 amide bonds. The molecule has 0 fully saturated rings. The van der Waals surface area contributed by atoms with Crippen molar-refractivity contribution in [1.82, 2.24) is 4.98 Å². The Morgan fingerprint density at radius 1 is 1.18 bits per heavy atom.